The smallest absolute Gasteiger partial charge is 0.310 e. The Bertz CT molecular complexity index is 650. The Balaban J connectivity index is 1.74. The molecule has 0 spiro atoms. The zero-order chi connectivity index (χ0) is 21.1. The van der Waals surface area contributed by atoms with Crippen LogP contribution in [0, 0.1) is 17.8 Å². The van der Waals surface area contributed by atoms with Gasteiger partial charge in [0.15, 0.2) is 14.1 Å². The van der Waals surface area contributed by atoms with Gasteiger partial charge in [0, 0.05) is 11.8 Å². The number of hydrogen-bond acceptors (Lipinski definition) is 5. The molecule has 5 nitrogen and oxygen atoms in total. The monoisotopic (exact) mass is 410 g/mol. The lowest BCUT2D eigenvalue weighted by Crippen LogP contribution is -2.47. The van der Waals surface area contributed by atoms with Crippen molar-refractivity contribution in [2.45, 2.75) is 96.6 Å². The van der Waals surface area contributed by atoms with Gasteiger partial charge in [0.1, 0.15) is 6.10 Å². The molecule has 1 aliphatic carbocycles. The van der Waals surface area contributed by atoms with Crippen molar-refractivity contribution in [1.82, 2.24) is 0 Å². The summed E-state index contributed by atoms with van der Waals surface area (Å²) in [5.74, 6) is -0.860. The maximum Gasteiger partial charge on any atom is 0.310 e. The van der Waals surface area contributed by atoms with Gasteiger partial charge in [-0.2, -0.15) is 0 Å². The van der Waals surface area contributed by atoms with Crippen molar-refractivity contribution in [2.75, 3.05) is 6.61 Å². The largest absolute Gasteiger partial charge is 0.459 e. The molecule has 0 amide bonds. The highest BCUT2D eigenvalue weighted by atomic mass is 28.4. The SMILES string of the molecule is C[C@H](O[Si](C)(C)C(C)(C)C)[C@@H]1OC(=O)[C@H]2C[C@@H]([C@@]3(C)OCC(C)(C)O3)C=C[C@@H]12. The van der Waals surface area contributed by atoms with Crippen LogP contribution < -0.4 is 0 Å². The molecule has 0 aromatic carbocycles. The van der Waals surface area contributed by atoms with E-state index in [9.17, 15) is 4.79 Å². The quantitative estimate of drug-likeness (QED) is 0.383. The Hall–Kier alpha value is -0.693. The number of carbonyl (C=O) groups excluding carboxylic acids is 1. The van der Waals surface area contributed by atoms with Gasteiger partial charge >= 0.3 is 5.97 Å². The van der Waals surface area contributed by atoms with Gasteiger partial charge in [0.05, 0.1) is 24.2 Å². The van der Waals surface area contributed by atoms with Crippen molar-refractivity contribution in [1.29, 1.82) is 0 Å². The molecule has 3 rings (SSSR count). The number of rotatable bonds is 4. The average Bonchev–Trinajstić information content (AvgIpc) is 3.03. The van der Waals surface area contributed by atoms with Crippen LogP contribution in [0.3, 0.4) is 0 Å². The lowest BCUT2D eigenvalue weighted by atomic mass is 9.75. The Labute approximate surface area is 171 Å². The minimum Gasteiger partial charge on any atom is -0.459 e. The van der Waals surface area contributed by atoms with Gasteiger partial charge in [-0.05, 0) is 52.2 Å². The topological polar surface area (TPSA) is 54.0 Å². The minimum atomic E-state index is -1.93. The zero-order valence-electron chi connectivity index (χ0n) is 19.0. The first-order valence-electron chi connectivity index (χ1n) is 10.6. The first-order valence-corrected chi connectivity index (χ1v) is 13.5. The number of hydrogen-bond donors (Lipinski definition) is 0. The van der Waals surface area contributed by atoms with Crippen molar-refractivity contribution < 1.29 is 23.4 Å². The van der Waals surface area contributed by atoms with E-state index in [2.05, 4.69) is 46.0 Å². The lowest BCUT2D eigenvalue weighted by Gasteiger charge is -2.40. The highest BCUT2D eigenvalue weighted by Crippen LogP contribution is 2.47. The average molecular weight is 411 g/mol. The van der Waals surface area contributed by atoms with Crippen LogP contribution in [0.1, 0.15) is 54.9 Å². The summed E-state index contributed by atoms with van der Waals surface area (Å²) in [6.45, 7) is 19.8. The van der Waals surface area contributed by atoms with Gasteiger partial charge < -0.3 is 18.6 Å². The van der Waals surface area contributed by atoms with Gasteiger partial charge in [-0.25, -0.2) is 0 Å². The second kappa shape index (κ2) is 6.93. The zero-order valence-corrected chi connectivity index (χ0v) is 20.0. The lowest BCUT2D eigenvalue weighted by molar-refractivity contribution is -0.197. The molecule has 2 saturated heterocycles. The van der Waals surface area contributed by atoms with E-state index in [0.717, 1.165) is 0 Å². The van der Waals surface area contributed by atoms with Crippen LogP contribution in [-0.2, 0) is 23.4 Å². The van der Waals surface area contributed by atoms with Gasteiger partial charge in [-0.1, -0.05) is 32.9 Å². The van der Waals surface area contributed by atoms with Crippen LogP contribution >= 0.6 is 0 Å². The van der Waals surface area contributed by atoms with Crippen LogP contribution in [0.4, 0.5) is 0 Å². The third kappa shape index (κ3) is 3.98. The van der Waals surface area contributed by atoms with Crippen molar-refractivity contribution in [3.05, 3.63) is 12.2 Å². The van der Waals surface area contributed by atoms with Crippen LogP contribution in [0.5, 0.6) is 0 Å². The third-order valence-electron chi connectivity index (χ3n) is 7.08. The molecule has 0 aromatic rings. The van der Waals surface area contributed by atoms with Crippen molar-refractivity contribution in [3.8, 4) is 0 Å². The number of esters is 1. The summed E-state index contributed by atoms with van der Waals surface area (Å²) in [5.41, 5.74) is -0.302. The fraction of sp³-hybridized carbons (Fsp3) is 0.864. The molecule has 6 heteroatoms. The molecular weight excluding hydrogens is 372 g/mol. The normalized spacial score (nSPS) is 39.0. The Morgan fingerprint density at radius 2 is 1.86 bits per heavy atom. The molecule has 0 saturated carbocycles. The molecule has 0 unspecified atom stereocenters. The molecule has 6 atom stereocenters. The maximum absolute atomic E-state index is 12.7. The summed E-state index contributed by atoms with van der Waals surface area (Å²) in [5, 5.41) is 0.120. The highest BCUT2D eigenvalue weighted by Gasteiger charge is 2.54. The predicted octanol–water partition coefficient (Wildman–Crippen LogP) is 4.67. The van der Waals surface area contributed by atoms with Crippen molar-refractivity contribution in [3.63, 3.8) is 0 Å². The second-order valence-corrected chi connectivity index (χ2v) is 15.8. The molecule has 3 aliphatic rings. The first kappa shape index (κ1) is 22.0. The molecule has 160 valence electrons. The molecule has 0 N–H and O–H groups in total. The van der Waals surface area contributed by atoms with Crippen molar-refractivity contribution >= 4 is 14.3 Å². The van der Waals surface area contributed by atoms with Crippen LogP contribution in [0.25, 0.3) is 0 Å². The Morgan fingerprint density at radius 1 is 1.21 bits per heavy atom. The predicted molar refractivity (Wildman–Crippen MR) is 111 cm³/mol. The standard InChI is InChI=1S/C22H38O5Si/c1-14(26-28(8,9)20(2,3)4)18-16-11-10-15(12-17(16)19(23)25-18)22(7)24-13-21(5,6)27-22/h10-11,14-18H,12-13H2,1-9H3/t14-,15-,16+,17-,18-,22-/m0/s1. The minimum absolute atomic E-state index is 0.0402. The van der Waals surface area contributed by atoms with E-state index in [-0.39, 0.29) is 46.6 Å². The van der Waals surface area contributed by atoms with Gasteiger partial charge in [0.25, 0.3) is 0 Å². The van der Waals surface area contributed by atoms with E-state index in [1.54, 1.807) is 0 Å². The van der Waals surface area contributed by atoms with Crippen LogP contribution in [0.15, 0.2) is 12.2 Å². The summed E-state index contributed by atoms with van der Waals surface area (Å²) in [4.78, 5) is 12.7. The summed E-state index contributed by atoms with van der Waals surface area (Å²) in [7, 11) is -1.93. The summed E-state index contributed by atoms with van der Waals surface area (Å²) < 4.78 is 24.6. The second-order valence-electron chi connectivity index (χ2n) is 11.1. The molecule has 0 aromatic heterocycles. The molecule has 0 radical (unpaired) electrons. The summed E-state index contributed by atoms with van der Waals surface area (Å²) in [6, 6.07) is 0. The number of fused-ring (bicyclic) bond motifs is 1. The van der Waals surface area contributed by atoms with E-state index < -0.39 is 14.1 Å². The molecule has 2 fully saturated rings. The van der Waals surface area contributed by atoms with Crippen LogP contribution in [-0.4, -0.2) is 44.5 Å². The molecule has 2 aliphatic heterocycles. The van der Waals surface area contributed by atoms with E-state index in [4.69, 9.17) is 18.6 Å². The Kier molecular flexibility index (Phi) is 5.45. The summed E-state index contributed by atoms with van der Waals surface area (Å²) in [6.07, 6.45) is 4.66. The van der Waals surface area contributed by atoms with Crippen molar-refractivity contribution in [2.24, 2.45) is 17.8 Å². The van der Waals surface area contributed by atoms with Gasteiger partial charge in [-0.15, -0.1) is 0 Å². The van der Waals surface area contributed by atoms with E-state index in [0.29, 0.717) is 13.0 Å². The molecular formula is C22H38O5Si. The summed E-state index contributed by atoms with van der Waals surface area (Å²) >= 11 is 0. The van der Waals surface area contributed by atoms with E-state index >= 15 is 0 Å². The third-order valence-corrected chi connectivity index (χ3v) is 11.7. The van der Waals surface area contributed by atoms with Gasteiger partial charge in [-0.3, -0.25) is 4.79 Å². The highest BCUT2D eigenvalue weighted by molar-refractivity contribution is 6.74. The van der Waals surface area contributed by atoms with E-state index in [1.807, 2.05) is 27.7 Å². The first-order chi connectivity index (χ1) is 12.7. The van der Waals surface area contributed by atoms with E-state index in [1.165, 1.54) is 0 Å². The van der Waals surface area contributed by atoms with Crippen LogP contribution in [0.2, 0.25) is 18.1 Å². The number of cyclic esters (lactones) is 1. The molecule has 28 heavy (non-hydrogen) atoms. The molecule has 2 heterocycles. The number of ether oxygens (including phenoxy) is 3. The fourth-order valence-corrected chi connectivity index (χ4v) is 5.83. The number of carbonyl (C=O) groups is 1. The fourth-order valence-electron chi connectivity index (χ4n) is 4.41. The maximum atomic E-state index is 12.7. The Morgan fingerprint density at radius 3 is 2.39 bits per heavy atom. The molecule has 0 bridgehead atoms. The van der Waals surface area contributed by atoms with Gasteiger partial charge in [0.2, 0.25) is 0 Å².